The van der Waals surface area contributed by atoms with Gasteiger partial charge < -0.3 is 14.7 Å². The first kappa shape index (κ1) is 16.7. The van der Waals surface area contributed by atoms with Crippen LogP contribution in [0.25, 0.3) is 0 Å². The maximum atomic E-state index is 12.6. The molecular weight excluding hydrogens is 306 g/mol. The fraction of sp³-hybridized carbons (Fsp3) is 0.474. The molecule has 2 aliphatic heterocycles. The van der Waals surface area contributed by atoms with Gasteiger partial charge >= 0.3 is 0 Å². The Kier molecular flexibility index (Phi) is 4.71. The number of nitrogens with zero attached hydrogens (tertiary/aromatic N) is 1. The van der Waals surface area contributed by atoms with Crippen molar-refractivity contribution < 1.29 is 19.4 Å². The third-order valence-electron chi connectivity index (χ3n) is 4.71. The van der Waals surface area contributed by atoms with Crippen LogP contribution in [-0.4, -0.2) is 41.0 Å². The molecule has 0 spiro atoms. The van der Waals surface area contributed by atoms with E-state index in [0.29, 0.717) is 13.2 Å². The van der Waals surface area contributed by atoms with Gasteiger partial charge in [-0.05, 0) is 25.3 Å². The SMILES string of the molecule is CCC(=O)C1=C(O)C(=O)N(CC2CCCO2)C1c1cccc(C)c1. The van der Waals surface area contributed by atoms with Crippen LogP contribution in [0.2, 0.25) is 0 Å². The minimum absolute atomic E-state index is 0.0369. The summed E-state index contributed by atoms with van der Waals surface area (Å²) in [6, 6.07) is 7.20. The van der Waals surface area contributed by atoms with Gasteiger partial charge in [0.25, 0.3) is 5.91 Å². The van der Waals surface area contributed by atoms with Crippen molar-refractivity contribution in [1.29, 1.82) is 0 Å². The van der Waals surface area contributed by atoms with E-state index in [1.54, 1.807) is 11.8 Å². The first-order chi connectivity index (χ1) is 11.5. The molecule has 1 aromatic rings. The molecule has 1 N–H and O–H groups in total. The standard InChI is InChI=1S/C19H23NO4/c1-3-15(21)16-17(13-7-4-6-12(2)10-13)20(19(23)18(16)22)11-14-8-5-9-24-14/h4,6-7,10,14,17,22H,3,5,8-9,11H2,1-2H3. The van der Waals surface area contributed by atoms with Gasteiger partial charge in [-0.3, -0.25) is 9.59 Å². The van der Waals surface area contributed by atoms with Crippen molar-refractivity contribution in [3.8, 4) is 0 Å². The number of aryl methyl sites for hydroxylation is 1. The summed E-state index contributed by atoms with van der Waals surface area (Å²) in [5.41, 5.74) is 2.11. The lowest BCUT2D eigenvalue weighted by Gasteiger charge is -2.29. The molecular formula is C19H23NO4. The molecule has 3 rings (SSSR count). The fourth-order valence-electron chi connectivity index (χ4n) is 3.51. The van der Waals surface area contributed by atoms with Crippen LogP contribution in [0.5, 0.6) is 0 Å². The molecule has 0 bridgehead atoms. The van der Waals surface area contributed by atoms with Gasteiger partial charge in [-0.2, -0.15) is 0 Å². The predicted octanol–water partition coefficient (Wildman–Crippen LogP) is 2.85. The van der Waals surface area contributed by atoms with E-state index in [-0.39, 0.29) is 23.9 Å². The van der Waals surface area contributed by atoms with Gasteiger partial charge in [0.2, 0.25) is 0 Å². The summed E-state index contributed by atoms with van der Waals surface area (Å²) in [6.07, 6.45) is 2.08. The van der Waals surface area contributed by atoms with Gasteiger partial charge in [-0.1, -0.05) is 36.8 Å². The van der Waals surface area contributed by atoms with Crippen LogP contribution in [0.4, 0.5) is 0 Å². The van der Waals surface area contributed by atoms with E-state index < -0.39 is 17.7 Å². The number of aliphatic hydroxyl groups is 1. The third kappa shape index (κ3) is 2.96. The summed E-state index contributed by atoms with van der Waals surface area (Å²) in [4.78, 5) is 26.6. The van der Waals surface area contributed by atoms with Gasteiger partial charge in [0.15, 0.2) is 11.5 Å². The van der Waals surface area contributed by atoms with Gasteiger partial charge in [-0.15, -0.1) is 0 Å². The molecule has 0 aliphatic carbocycles. The third-order valence-corrected chi connectivity index (χ3v) is 4.71. The van der Waals surface area contributed by atoms with Crippen molar-refractivity contribution in [3.63, 3.8) is 0 Å². The van der Waals surface area contributed by atoms with Crippen LogP contribution in [0.3, 0.4) is 0 Å². The fourth-order valence-corrected chi connectivity index (χ4v) is 3.51. The van der Waals surface area contributed by atoms with Crippen molar-refractivity contribution in [2.45, 2.75) is 45.3 Å². The number of carbonyl (C=O) groups is 2. The summed E-state index contributed by atoms with van der Waals surface area (Å²) in [7, 11) is 0. The second kappa shape index (κ2) is 6.77. The summed E-state index contributed by atoms with van der Waals surface area (Å²) in [6.45, 7) is 4.79. The van der Waals surface area contributed by atoms with Crippen LogP contribution in [-0.2, 0) is 14.3 Å². The van der Waals surface area contributed by atoms with Crippen molar-refractivity contribution >= 4 is 11.7 Å². The van der Waals surface area contributed by atoms with E-state index in [1.807, 2.05) is 31.2 Å². The molecule has 2 unspecified atom stereocenters. The normalized spacial score (nSPS) is 24.1. The van der Waals surface area contributed by atoms with E-state index in [0.717, 1.165) is 24.0 Å². The lowest BCUT2D eigenvalue weighted by atomic mass is 9.94. The van der Waals surface area contributed by atoms with E-state index in [2.05, 4.69) is 0 Å². The van der Waals surface area contributed by atoms with Gasteiger partial charge in [0, 0.05) is 19.6 Å². The Labute approximate surface area is 141 Å². The van der Waals surface area contributed by atoms with Gasteiger partial charge in [0.05, 0.1) is 17.7 Å². The molecule has 128 valence electrons. The molecule has 0 saturated carbocycles. The Balaban J connectivity index is 2.01. The summed E-state index contributed by atoms with van der Waals surface area (Å²) >= 11 is 0. The number of aliphatic hydroxyl groups excluding tert-OH is 1. The smallest absolute Gasteiger partial charge is 0.290 e. The van der Waals surface area contributed by atoms with E-state index in [1.165, 1.54) is 0 Å². The highest BCUT2D eigenvalue weighted by molar-refractivity contribution is 6.08. The Morgan fingerprint density at radius 2 is 2.21 bits per heavy atom. The molecule has 2 heterocycles. The zero-order valence-corrected chi connectivity index (χ0v) is 14.1. The summed E-state index contributed by atoms with van der Waals surface area (Å²) in [5.74, 6) is -1.08. The number of Topliss-reactive ketones (excluding diaryl/α,β-unsaturated/α-hetero) is 1. The molecule has 24 heavy (non-hydrogen) atoms. The first-order valence-corrected chi connectivity index (χ1v) is 8.48. The lowest BCUT2D eigenvalue weighted by Crippen LogP contribution is -2.37. The number of carbonyl (C=O) groups excluding carboxylic acids is 2. The monoisotopic (exact) mass is 329 g/mol. The van der Waals surface area contributed by atoms with Crippen LogP contribution in [0.1, 0.15) is 43.4 Å². The van der Waals surface area contributed by atoms with E-state index >= 15 is 0 Å². The largest absolute Gasteiger partial charge is 0.503 e. The highest BCUT2D eigenvalue weighted by Crippen LogP contribution is 2.39. The first-order valence-electron chi connectivity index (χ1n) is 8.48. The van der Waals surface area contributed by atoms with Gasteiger partial charge in [0.1, 0.15) is 0 Å². The minimum atomic E-state index is -0.533. The second-order valence-corrected chi connectivity index (χ2v) is 6.45. The highest BCUT2D eigenvalue weighted by atomic mass is 16.5. The molecule has 1 fully saturated rings. The number of ether oxygens (including phenoxy) is 1. The molecule has 1 aromatic carbocycles. The number of benzene rings is 1. The molecule has 2 aliphatic rings. The zero-order chi connectivity index (χ0) is 17.3. The quantitative estimate of drug-likeness (QED) is 0.902. The maximum absolute atomic E-state index is 12.6. The van der Waals surface area contributed by atoms with Crippen molar-refractivity contribution in [2.24, 2.45) is 0 Å². The molecule has 2 atom stereocenters. The molecule has 0 aromatic heterocycles. The predicted molar refractivity (Wildman–Crippen MR) is 89.6 cm³/mol. The van der Waals surface area contributed by atoms with Crippen LogP contribution >= 0.6 is 0 Å². The summed E-state index contributed by atoms with van der Waals surface area (Å²) in [5, 5.41) is 10.3. The number of hydrogen-bond donors (Lipinski definition) is 1. The van der Waals surface area contributed by atoms with Crippen molar-refractivity contribution in [1.82, 2.24) is 4.90 Å². The highest BCUT2D eigenvalue weighted by Gasteiger charge is 2.44. The molecule has 5 nitrogen and oxygen atoms in total. The van der Waals surface area contributed by atoms with Crippen LogP contribution in [0.15, 0.2) is 35.6 Å². The minimum Gasteiger partial charge on any atom is -0.503 e. The number of amides is 1. The zero-order valence-electron chi connectivity index (χ0n) is 14.1. The topological polar surface area (TPSA) is 66.8 Å². The number of hydrogen-bond acceptors (Lipinski definition) is 4. The Hall–Kier alpha value is -2.14. The summed E-state index contributed by atoms with van der Waals surface area (Å²) < 4.78 is 5.65. The second-order valence-electron chi connectivity index (χ2n) is 6.45. The lowest BCUT2D eigenvalue weighted by molar-refractivity contribution is -0.131. The average molecular weight is 329 g/mol. The Morgan fingerprint density at radius 3 is 2.83 bits per heavy atom. The maximum Gasteiger partial charge on any atom is 0.290 e. The number of rotatable bonds is 5. The van der Waals surface area contributed by atoms with Crippen molar-refractivity contribution in [2.75, 3.05) is 13.2 Å². The molecule has 5 heteroatoms. The van der Waals surface area contributed by atoms with Crippen molar-refractivity contribution in [3.05, 3.63) is 46.7 Å². The average Bonchev–Trinajstić information content (AvgIpc) is 3.16. The van der Waals surface area contributed by atoms with E-state index in [9.17, 15) is 14.7 Å². The van der Waals surface area contributed by atoms with Crippen LogP contribution in [0, 0.1) is 6.92 Å². The van der Waals surface area contributed by atoms with E-state index in [4.69, 9.17) is 4.74 Å². The van der Waals surface area contributed by atoms with Gasteiger partial charge in [-0.25, -0.2) is 0 Å². The number of ketones is 1. The Morgan fingerprint density at radius 1 is 1.42 bits per heavy atom. The molecule has 1 saturated heterocycles. The molecule has 0 radical (unpaired) electrons. The molecule has 1 amide bonds. The Bertz CT molecular complexity index is 688. The van der Waals surface area contributed by atoms with Crippen LogP contribution < -0.4 is 0 Å².